The first-order valence-electron chi connectivity index (χ1n) is 11.2. The minimum atomic E-state index is -0.269. The summed E-state index contributed by atoms with van der Waals surface area (Å²) >= 11 is 3.68. The summed E-state index contributed by atoms with van der Waals surface area (Å²) in [7, 11) is 3.35. The SMILES string of the molecule is COc1ccc(N2CC(CN3CCC(Cc4cc(OC)ccc4Br)CC3)COC2=O)cc1. The molecule has 1 unspecified atom stereocenters. The average Bonchev–Trinajstić information content (AvgIpc) is 2.83. The Hall–Kier alpha value is -2.25. The van der Waals surface area contributed by atoms with Crippen molar-refractivity contribution >= 4 is 27.7 Å². The molecule has 1 atom stereocenters. The minimum Gasteiger partial charge on any atom is -0.497 e. The number of nitrogens with zero attached hydrogens (tertiary/aromatic N) is 2. The highest BCUT2D eigenvalue weighted by Gasteiger charge is 2.31. The Kier molecular flexibility index (Phi) is 7.58. The Labute approximate surface area is 198 Å². The van der Waals surface area contributed by atoms with Gasteiger partial charge in [-0.2, -0.15) is 0 Å². The van der Waals surface area contributed by atoms with E-state index in [2.05, 4.69) is 33.0 Å². The van der Waals surface area contributed by atoms with Gasteiger partial charge in [-0.05, 0) is 86.3 Å². The zero-order valence-electron chi connectivity index (χ0n) is 18.8. The molecule has 0 saturated carbocycles. The van der Waals surface area contributed by atoms with Crippen LogP contribution in [0.15, 0.2) is 46.9 Å². The molecule has 6 nitrogen and oxygen atoms in total. The van der Waals surface area contributed by atoms with Crippen LogP contribution in [0.5, 0.6) is 11.5 Å². The number of likely N-dealkylation sites (tertiary alicyclic amines) is 1. The topological polar surface area (TPSA) is 51.2 Å². The van der Waals surface area contributed by atoms with Crippen molar-refractivity contribution in [2.75, 3.05) is 51.9 Å². The summed E-state index contributed by atoms with van der Waals surface area (Å²) in [5.74, 6) is 2.67. The minimum absolute atomic E-state index is 0.269. The third-order valence-electron chi connectivity index (χ3n) is 6.47. The molecule has 0 radical (unpaired) electrons. The van der Waals surface area contributed by atoms with Gasteiger partial charge in [0.1, 0.15) is 11.5 Å². The molecule has 0 aliphatic carbocycles. The summed E-state index contributed by atoms with van der Waals surface area (Å²) < 4.78 is 17.3. The summed E-state index contributed by atoms with van der Waals surface area (Å²) in [6, 6.07) is 13.8. The molecule has 2 heterocycles. The van der Waals surface area contributed by atoms with Gasteiger partial charge in [-0.1, -0.05) is 15.9 Å². The summed E-state index contributed by atoms with van der Waals surface area (Å²) in [4.78, 5) is 16.6. The molecule has 4 rings (SSSR count). The number of rotatable bonds is 7. The molecule has 0 spiro atoms. The number of amides is 1. The number of methoxy groups -OCH3 is 2. The van der Waals surface area contributed by atoms with Crippen molar-refractivity contribution in [3.8, 4) is 11.5 Å². The maximum Gasteiger partial charge on any atom is 0.414 e. The molecule has 2 saturated heterocycles. The number of anilines is 1. The van der Waals surface area contributed by atoms with Gasteiger partial charge in [-0.15, -0.1) is 0 Å². The van der Waals surface area contributed by atoms with Crippen LogP contribution < -0.4 is 14.4 Å². The number of piperidine rings is 1. The quantitative estimate of drug-likeness (QED) is 0.533. The fraction of sp³-hybridized carbons (Fsp3) is 0.480. The molecule has 2 fully saturated rings. The molecule has 0 bridgehead atoms. The van der Waals surface area contributed by atoms with Crippen molar-refractivity contribution in [3.05, 3.63) is 52.5 Å². The number of benzene rings is 2. The van der Waals surface area contributed by atoms with Crippen molar-refractivity contribution in [1.29, 1.82) is 0 Å². The number of ether oxygens (including phenoxy) is 3. The van der Waals surface area contributed by atoms with Gasteiger partial charge in [0.25, 0.3) is 0 Å². The zero-order valence-corrected chi connectivity index (χ0v) is 20.3. The van der Waals surface area contributed by atoms with E-state index in [1.54, 1.807) is 19.1 Å². The fourth-order valence-electron chi connectivity index (χ4n) is 4.62. The second kappa shape index (κ2) is 10.6. The van der Waals surface area contributed by atoms with Crippen LogP contribution in [0.4, 0.5) is 10.5 Å². The lowest BCUT2D eigenvalue weighted by Crippen LogP contribution is -2.48. The number of cyclic esters (lactones) is 1. The van der Waals surface area contributed by atoms with Gasteiger partial charge in [0.2, 0.25) is 0 Å². The highest BCUT2D eigenvalue weighted by atomic mass is 79.9. The largest absolute Gasteiger partial charge is 0.497 e. The van der Waals surface area contributed by atoms with Crippen LogP contribution in [0.2, 0.25) is 0 Å². The molecular formula is C25H31BrN2O4. The molecule has 2 aliphatic rings. The predicted molar refractivity (Wildman–Crippen MR) is 129 cm³/mol. The van der Waals surface area contributed by atoms with Crippen LogP contribution in [0.3, 0.4) is 0 Å². The maximum atomic E-state index is 12.3. The lowest BCUT2D eigenvalue weighted by molar-refractivity contribution is 0.0870. The van der Waals surface area contributed by atoms with Crippen LogP contribution in [-0.4, -0.2) is 58.0 Å². The number of hydrogen-bond acceptors (Lipinski definition) is 5. The average molecular weight is 503 g/mol. The van der Waals surface area contributed by atoms with E-state index in [0.717, 1.165) is 47.7 Å². The third-order valence-corrected chi connectivity index (χ3v) is 7.25. The maximum absolute atomic E-state index is 12.3. The van der Waals surface area contributed by atoms with Crippen molar-refractivity contribution in [1.82, 2.24) is 4.90 Å². The van der Waals surface area contributed by atoms with Gasteiger partial charge in [0.05, 0.1) is 20.8 Å². The number of carbonyl (C=O) groups excluding carboxylic acids is 1. The standard InChI is InChI=1S/C25H31BrN2O4/c1-30-22-5-3-21(4-6-22)28-16-19(17-32-25(28)29)15-27-11-9-18(10-12-27)13-20-14-23(31-2)7-8-24(20)26/h3-8,14,18-19H,9-13,15-17H2,1-2H3. The van der Waals surface area contributed by atoms with E-state index in [9.17, 15) is 4.79 Å². The Morgan fingerprint density at radius 2 is 1.69 bits per heavy atom. The number of hydrogen-bond donors (Lipinski definition) is 0. The van der Waals surface area contributed by atoms with Crippen LogP contribution in [0.1, 0.15) is 18.4 Å². The smallest absolute Gasteiger partial charge is 0.414 e. The van der Waals surface area contributed by atoms with Crippen molar-refractivity contribution in [3.63, 3.8) is 0 Å². The second-order valence-electron chi connectivity index (χ2n) is 8.66. The van der Waals surface area contributed by atoms with E-state index in [0.29, 0.717) is 25.0 Å². The van der Waals surface area contributed by atoms with Gasteiger partial charge in [-0.3, -0.25) is 4.90 Å². The molecule has 2 aliphatic heterocycles. The van der Waals surface area contributed by atoms with E-state index < -0.39 is 0 Å². The van der Waals surface area contributed by atoms with Crippen LogP contribution >= 0.6 is 15.9 Å². The highest BCUT2D eigenvalue weighted by molar-refractivity contribution is 9.10. The first-order valence-corrected chi connectivity index (χ1v) is 12.0. The fourth-order valence-corrected chi connectivity index (χ4v) is 5.03. The Morgan fingerprint density at radius 3 is 2.38 bits per heavy atom. The van der Waals surface area contributed by atoms with E-state index in [-0.39, 0.29) is 6.09 Å². The molecule has 0 aromatic heterocycles. The molecule has 2 aromatic carbocycles. The van der Waals surface area contributed by atoms with E-state index >= 15 is 0 Å². The first kappa shape index (κ1) is 22.9. The number of halogens is 1. The molecule has 32 heavy (non-hydrogen) atoms. The third kappa shape index (κ3) is 5.56. The number of carbonyl (C=O) groups is 1. The van der Waals surface area contributed by atoms with Gasteiger partial charge in [-0.25, -0.2) is 4.79 Å². The summed E-state index contributed by atoms with van der Waals surface area (Å²) in [6.45, 7) is 4.29. The lowest BCUT2D eigenvalue weighted by Gasteiger charge is -2.38. The van der Waals surface area contributed by atoms with Crippen molar-refractivity contribution in [2.45, 2.75) is 19.3 Å². The van der Waals surface area contributed by atoms with Gasteiger partial charge >= 0.3 is 6.09 Å². The Morgan fingerprint density at radius 1 is 1.00 bits per heavy atom. The van der Waals surface area contributed by atoms with Gasteiger partial charge < -0.3 is 19.1 Å². The monoisotopic (exact) mass is 502 g/mol. The lowest BCUT2D eigenvalue weighted by atomic mass is 9.89. The summed E-state index contributed by atoms with van der Waals surface area (Å²) in [6.07, 6.45) is 3.16. The van der Waals surface area contributed by atoms with Gasteiger partial charge in [0.15, 0.2) is 0 Å². The summed E-state index contributed by atoms with van der Waals surface area (Å²) in [5, 5.41) is 0. The molecule has 0 N–H and O–H groups in total. The van der Waals surface area contributed by atoms with E-state index in [4.69, 9.17) is 14.2 Å². The molecule has 2 aromatic rings. The zero-order chi connectivity index (χ0) is 22.5. The van der Waals surface area contributed by atoms with Crippen molar-refractivity contribution < 1.29 is 19.0 Å². The van der Waals surface area contributed by atoms with E-state index in [1.165, 1.54) is 18.4 Å². The Bertz CT molecular complexity index is 913. The summed E-state index contributed by atoms with van der Waals surface area (Å²) in [5.41, 5.74) is 2.17. The molecule has 172 valence electrons. The van der Waals surface area contributed by atoms with E-state index in [1.807, 2.05) is 30.3 Å². The second-order valence-corrected chi connectivity index (χ2v) is 9.51. The van der Waals surface area contributed by atoms with Gasteiger partial charge in [0, 0.05) is 29.2 Å². The van der Waals surface area contributed by atoms with Crippen LogP contribution in [0.25, 0.3) is 0 Å². The molecule has 7 heteroatoms. The molecular weight excluding hydrogens is 472 g/mol. The Balaban J connectivity index is 1.28. The highest BCUT2D eigenvalue weighted by Crippen LogP contribution is 2.30. The first-order chi connectivity index (χ1) is 15.6. The van der Waals surface area contributed by atoms with Crippen LogP contribution in [0, 0.1) is 11.8 Å². The van der Waals surface area contributed by atoms with Crippen molar-refractivity contribution in [2.24, 2.45) is 11.8 Å². The predicted octanol–water partition coefficient (Wildman–Crippen LogP) is 4.99. The normalized spacial score (nSPS) is 20.2. The van der Waals surface area contributed by atoms with Crippen LogP contribution in [-0.2, 0) is 11.2 Å². The molecule has 1 amide bonds.